The van der Waals surface area contributed by atoms with Crippen molar-refractivity contribution in [1.29, 1.82) is 0 Å². The maximum Gasteiger partial charge on any atom is 0.196 e. The van der Waals surface area contributed by atoms with Crippen molar-refractivity contribution in [2.75, 3.05) is 33.3 Å². The zero-order valence-electron chi connectivity index (χ0n) is 19.2. The molecule has 1 saturated heterocycles. The first-order valence-electron chi connectivity index (χ1n) is 12.1. The van der Waals surface area contributed by atoms with Crippen molar-refractivity contribution in [2.24, 2.45) is 5.92 Å². The standard InChI is InChI=1S/C26H32N4O3/c1-31-20-3-4-23-21(13-20)19(15-28-23)2-5-24-22-14-26-25(32-29-33-26)12-18(22)8-11-30(24)16-17-6-9-27-10-7-17/h3-4,12-15,17,24,27-29H,2,5-11,16H2,1H3. The van der Waals surface area contributed by atoms with Crippen molar-refractivity contribution in [3.8, 4) is 17.2 Å². The van der Waals surface area contributed by atoms with Gasteiger partial charge in [0.2, 0.25) is 0 Å². The largest absolute Gasteiger partial charge is 0.497 e. The molecule has 1 atom stereocenters. The molecule has 2 aromatic carbocycles. The first kappa shape index (κ1) is 20.8. The lowest BCUT2D eigenvalue weighted by Crippen LogP contribution is -2.41. The molecule has 7 heteroatoms. The summed E-state index contributed by atoms with van der Waals surface area (Å²) < 4.78 is 5.47. The van der Waals surface area contributed by atoms with E-state index in [0.717, 1.165) is 67.6 Å². The summed E-state index contributed by atoms with van der Waals surface area (Å²) in [5.74, 6) is 3.25. The quantitative estimate of drug-likeness (QED) is 0.531. The third-order valence-electron chi connectivity index (χ3n) is 7.59. The van der Waals surface area contributed by atoms with E-state index in [1.807, 2.05) is 6.07 Å². The second-order valence-corrected chi connectivity index (χ2v) is 9.50. The summed E-state index contributed by atoms with van der Waals surface area (Å²) in [4.78, 5) is 17.1. The molecule has 3 aliphatic rings. The van der Waals surface area contributed by atoms with Crippen LogP contribution in [0.4, 0.5) is 0 Å². The molecule has 1 aromatic heterocycles. The van der Waals surface area contributed by atoms with E-state index < -0.39 is 0 Å². The number of rotatable bonds is 6. The summed E-state index contributed by atoms with van der Waals surface area (Å²) in [6, 6.07) is 11.0. The van der Waals surface area contributed by atoms with Crippen LogP contribution in [0.25, 0.3) is 10.9 Å². The normalized spacial score (nSPS) is 20.8. The highest BCUT2D eigenvalue weighted by molar-refractivity contribution is 5.84. The van der Waals surface area contributed by atoms with Gasteiger partial charge in [0.25, 0.3) is 0 Å². The molecule has 1 fully saturated rings. The van der Waals surface area contributed by atoms with Crippen molar-refractivity contribution in [3.63, 3.8) is 0 Å². The number of nitrogens with one attached hydrogen (secondary N) is 3. The maximum absolute atomic E-state index is 5.51. The van der Waals surface area contributed by atoms with Gasteiger partial charge in [-0.05, 0) is 98.1 Å². The molecule has 1 unspecified atom stereocenters. The van der Waals surface area contributed by atoms with Crippen molar-refractivity contribution in [2.45, 2.75) is 38.1 Å². The monoisotopic (exact) mass is 448 g/mol. The highest BCUT2D eigenvalue weighted by Gasteiger charge is 2.32. The predicted molar refractivity (Wildman–Crippen MR) is 128 cm³/mol. The van der Waals surface area contributed by atoms with Crippen LogP contribution < -0.4 is 25.4 Å². The second-order valence-electron chi connectivity index (χ2n) is 9.50. The molecule has 3 aromatic rings. The molecule has 6 rings (SSSR count). The molecule has 0 radical (unpaired) electrons. The SMILES string of the molecule is COc1ccc2[nH]cc(CCC3c4cc5c(cc4CCN3CC3CCNCC3)ONO5)c2c1. The van der Waals surface area contributed by atoms with Crippen LogP contribution in [-0.4, -0.2) is 43.2 Å². The van der Waals surface area contributed by atoms with Gasteiger partial charge >= 0.3 is 0 Å². The van der Waals surface area contributed by atoms with Gasteiger partial charge in [-0.1, -0.05) is 0 Å². The van der Waals surface area contributed by atoms with Gasteiger partial charge < -0.3 is 24.7 Å². The summed E-state index contributed by atoms with van der Waals surface area (Å²) in [7, 11) is 1.73. The zero-order valence-corrected chi connectivity index (χ0v) is 19.2. The van der Waals surface area contributed by atoms with Crippen LogP contribution in [0.5, 0.6) is 17.2 Å². The highest BCUT2D eigenvalue weighted by Crippen LogP contribution is 2.42. The number of fused-ring (bicyclic) bond motifs is 3. The average Bonchev–Trinajstić information content (AvgIpc) is 3.48. The van der Waals surface area contributed by atoms with E-state index in [0.29, 0.717) is 6.04 Å². The molecule has 174 valence electrons. The van der Waals surface area contributed by atoms with Gasteiger partial charge in [-0.2, -0.15) is 0 Å². The minimum absolute atomic E-state index is 0.369. The van der Waals surface area contributed by atoms with Crippen LogP contribution in [-0.2, 0) is 12.8 Å². The molecular formula is C26H32N4O3. The lowest BCUT2D eigenvalue weighted by atomic mass is 9.86. The molecule has 3 N–H and O–H groups in total. The lowest BCUT2D eigenvalue weighted by Gasteiger charge is -2.40. The number of aromatic amines is 1. The molecule has 3 aliphatic heterocycles. The highest BCUT2D eigenvalue weighted by atomic mass is 16.9. The molecule has 7 nitrogen and oxygen atoms in total. The Kier molecular flexibility index (Phi) is 5.62. The van der Waals surface area contributed by atoms with Gasteiger partial charge in [0, 0.05) is 41.9 Å². The fourth-order valence-electron chi connectivity index (χ4n) is 5.77. The fourth-order valence-corrected chi connectivity index (χ4v) is 5.77. The number of piperidine rings is 1. The Morgan fingerprint density at radius 1 is 1.09 bits per heavy atom. The number of hydrogen-bond acceptors (Lipinski definition) is 6. The molecule has 0 bridgehead atoms. The second kappa shape index (κ2) is 8.89. The van der Waals surface area contributed by atoms with Gasteiger partial charge in [0.05, 0.1) is 7.11 Å². The number of ether oxygens (including phenoxy) is 1. The van der Waals surface area contributed by atoms with E-state index in [9.17, 15) is 0 Å². The number of H-pyrrole nitrogens is 1. The van der Waals surface area contributed by atoms with Crippen molar-refractivity contribution in [3.05, 3.63) is 53.2 Å². The Morgan fingerprint density at radius 3 is 2.79 bits per heavy atom. The number of hydrogen-bond donors (Lipinski definition) is 3. The summed E-state index contributed by atoms with van der Waals surface area (Å²) in [5.41, 5.74) is 7.83. The molecule has 33 heavy (non-hydrogen) atoms. The van der Waals surface area contributed by atoms with Gasteiger partial charge in [-0.3, -0.25) is 4.90 Å². The number of aryl methyl sites for hydroxylation is 1. The first-order valence-corrected chi connectivity index (χ1v) is 12.1. The summed E-state index contributed by atoms with van der Waals surface area (Å²) in [6.07, 6.45) is 7.82. The van der Waals surface area contributed by atoms with Crippen LogP contribution in [0.1, 0.15) is 42.0 Å². The first-order chi connectivity index (χ1) is 16.3. The van der Waals surface area contributed by atoms with Gasteiger partial charge in [0.15, 0.2) is 11.5 Å². The summed E-state index contributed by atoms with van der Waals surface area (Å²) >= 11 is 0. The van der Waals surface area contributed by atoms with Crippen LogP contribution in [0, 0.1) is 5.92 Å². The lowest BCUT2D eigenvalue weighted by molar-refractivity contribution is 0.0259. The molecule has 0 spiro atoms. The molecule has 0 saturated carbocycles. The molecule has 0 aliphatic carbocycles. The van der Waals surface area contributed by atoms with Crippen molar-refractivity contribution < 1.29 is 14.4 Å². The third-order valence-corrected chi connectivity index (χ3v) is 7.59. The minimum atomic E-state index is 0.369. The summed E-state index contributed by atoms with van der Waals surface area (Å²) in [5, 5.41) is 4.76. The average molecular weight is 449 g/mol. The van der Waals surface area contributed by atoms with E-state index in [4.69, 9.17) is 14.4 Å². The molecule has 0 amide bonds. The van der Waals surface area contributed by atoms with Gasteiger partial charge in [-0.25, -0.2) is 0 Å². The Balaban J connectivity index is 1.29. The summed E-state index contributed by atoms with van der Waals surface area (Å²) in [6.45, 7) is 4.54. The number of nitrogens with zero attached hydrogens (tertiary/aromatic N) is 1. The smallest absolute Gasteiger partial charge is 0.196 e. The predicted octanol–water partition coefficient (Wildman–Crippen LogP) is 3.90. The Morgan fingerprint density at radius 2 is 1.94 bits per heavy atom. The fraction of sp³-hybridized carbons (Fsp3) is 0.462. The zero-order chi connectivity index (χ0) is 22.2. The van der Waals surface area contributed by atoms with Gasteiger partial charge in [0.1, 0.15) is 5.75 Å². The van der Waals surface area contributed by atoms with Gasteiger partial charge in [-0.15, -0.1) is 0 Å². The Labute approximate surface area is 194 Å². The third kappa shape index (κ3) is 4.05. The van der Waals surface area contributed by atoms with Crippen molar-refractivity contribution >= 4 is 10.9 Å². The molecule has 4 heterocycles. The topological polar surface area (TPSA) is 70.8 Å². The van der Waals surface area contributed by atoms with E-state index in [1.165, 1.54) is 41.5 Å². The van der Waals surface area contributed by atoms with Crippen LogP contribution >= 0.6 is 0 Å². The number of methoxy groups -OCH3 is 1. The van der Waals surface area contributed by atoms with E-state index in [2.05, 4.69) is 51.3 Å². The van der Waals surface area contributed by atoms with E-state index >= 15 is 0 Å². The van der Waals surface area contributed by atoms with Crippen LogP contribution in [0.3, 0.4) is 0 Å². The number of benzene rings is 2. The van der Waals surface area contributed by atoms with E-state index in [-0.39, 0.29) is 0 Å². The maximum atomic E-state index is 5.51. The Bertz CT molecular complexity index is 1140. The van der Waals surface area contributed by atoms with Crippen LogP contribution in [0.15, 0.2) is 36.5 Å². The number of aromatic nitrogens is 1. The van der Waals surface area contributed by atoms with Crippen LogP contribution in [0.2, 0.25) is 0 Å². The molecular weight excluding hydrogens is 416 g/mol. The van der Waals surface area contributed by atoms with E-state index in [1.54, 1.807) is 7.11 Å². The minimum Gasteiger partial charge on any atom is -0.497 e. The van der Waals surface area contributed by atoms with Crippen molar-refractivity contribution in [1.82, 2.24) is 20.8 Å². The Hall–Kier alpha value is -2.74.